The maximum absolute atomic E-state index is 13.9. The molecule has 0 bridgehead atoms. The molecule has 0 aromatic carbocycles. The normalized spacial score (nSPS) is 38.6. The molecule has 3 fully saturated rings. The van der Waals surface area contributed by atoms with Crippen LogP contribution in [0.25, 0.3) is 0 Å². The van der Waals surface area contributed by atoms with Crippen molar-refractivity contribution in [3.05, 3.63) is 11.6 Å². The Kier molecular flexibility index (Phi) is 6.37. The number of amides is 1. The second-order valence-electron chi connectivity index (χ2n) is 12.0. The third kappa shape index (κ3) is 3.76. The van der Waals surface area contributed by atoms with Crippen LogP contribution >= 0.6 is 12.2 Å². The van der Waals surface area contributed by atoms with Gasteiger partial charge in [0.2, 0.25) is 5.91 Å². The van der Waals surface area contributed by atoms with Gasteiger partial charge in [-0.1, -0.05) is 19.4 Å². The predicted octanol–water partition coefficient (Wildman–Crippen LogP) is 5.65. The van der Waals surface area contributed by atoms with Crippen LogP contribution in [0.2, 0.25) is 0 Å². The van der Waals surface area contributed by atoms with E-state index in [9.17, 15) is 9.59 Å². The molecule has 0 aliphatic heterocycles. The van der Waals surface area contributed by atoms with Crippen molar-refractivity contribution >= 4 is 29.0 Å². The van der Waals surface area contributed by atoms with Crippen LogP contribution in [-0.4, -0.2) is 33.8 Å². The zero-order valence-corrected chi connectivity index (χ0v) is 21.7. The Balaban J connectivity index is 1.58. The van der Waals surface area contributed by atoms with Gasteiger partial charge in [0.1, 0.15) is 0 Å². The summed E-state index contributed by atoms with van der Waals surface area (Å²) in [7, 11) is 0. The average Bonchev–Trinajstić information content (AvgIpc) is 3.05. The van der Waals surface area contributed by atoms with Crippen LogP contribution in [0, 0.1) is 34.5 Å². The van der Waals surface area contributed by atoms with E-state index < -0.39 is 0 Å². The van der Waals surface area contributed by atoms with Gasteiger partial charge in [0.05, 0.1) is 0 Å². The third-order valence-corrected chi connectivity index (χ3v) is 9.96. The maximum atomic E-state index is 13.9. The van der Waals surface area contributed by atoms with Crippen LogP contribution in [0.15, 0.2) is 11.6 Å². The first kappa shape index (κ1) is 23.9. The Morgan fingerprint density at radius 1 is 1.06 bits per heavy atom. The van der Waals surface area contributed by atoms with Crippen molar-refractivity contribution in [1.29, 1.82) is 0 Å². The Bertz CT molecular complexity index is 834. The first-order valence-corrected chi connectivity index (χ1v) is 13.3. The summed E-state index contributed by atoms with van der Waals surface area (Å²) >= 11 is 5.66. The zero-order valence-electron chi connectivity index (χ0n) is 20.9. The van der Waals surface area contributed by atoms with Crippen LogP contribution < -0.4 is 5.32 Å². The molecular formula is C27H42N2O2S. The lowest BCUT2D eigenvalue weighted by Crippen LogP contribution is -2.55. The third-order valence-electron chi connectivity index (χ3n) is 9.64. The van der Waals surface area contributed by atoms with E-state index in [2.05, 4.69) is 46.9 Å². The van der Waals surface area contributed by atoms with Gasteiger partial charge in [0.25, 0.3) is 0 Å². The van der Waals surface area contributed by atoms with Gasteiger partial charge in [0, 0.05) is 24.4 Å². The summed E-state index contributed by atoms with van der Waals surface area (Å²) in [6.07, 6.45) is 10.4. The fourth-order valence-electron chi connectivity index (χ4n) is 8.04. The molecule has 0 saturated heterocycles. The van der Waals surface area contributed by atoms with Crippen molar-refractivity contribution in [2.75, 3.05) is 0 Å². The first-order valence-electron chi connectivity index (χ1n) is 12.9. The molecule has 0 spiro atoms. The summed E-state index contributed by atoms with van der Waals surface area (Å²) in [4.78, 5) is 27.8. The van der Waals surface area contributed by atoms with Gasteiger partial charge in [-0.3, -0.25) is 14.5 Å². The topological polar surface area (TPSA) is 49.4 Å². The van der Waals surface area contributed by atoms with Crippen LogP contribution in [-0.2, 0) is 9.59 Å². The van der Waals surface area contributed by atoms with Crippen LogP contribution in [0.3, 0.4) is 0 Å². The second kappa shape index (κ2) is 8.52. The number of hydrogen-bond acceptors (Lipinski definition) is 3. The monoisotopic (exact) mass is 458 g/mol. The van der Waals surface area contributed by atoms with E-state index in [0.717, 1.165) is 32.1 Å². The number of thiocarbonyl (C=S) groups is 1. The van der Waals surface area contributed by atoms with Crippen molar-refractivity contribution in [3.63, 3.8) is 0 Å². The van der Waals surface area contributed by atoms with E-state index in [0.29, 0.717) is 35.1 Å². The molecule has 0 aromatic rings. The number of hydrogen-bond donors (Lipinski definition) is 1. The highest BCUT2D eigenvalue weighted by Gasteiger charge is 2.60. The number of carbonyl (C=O) groups excluding carboxylic acids is 2. The molecule has 178 valence electrons. The summed E-state index contributed by atoms with van der Waals surface area (Å²) in [6, 6.07) is 0.271. The average molecular weight is 459 g/mol. The summed E-state index contributed by atoms with van der Waals surface area (Å²) in [5.74, 6) is 2.55. The lowest BCUT2D eigenvalue weighted by Gasteiger charge is -2.58. The minimum Gasteiger partial charge on any atom is -0.360 e. The second-order valence-corrected chi connectivity index (χ2v) is 12.4. The SMILES string of the molecule is CC(C)NC(=S)N(C(=O)C1CC[C@H]2[C@@H]3CCC4=CC(=O)CC[C@]4(C)[C@@H]3CC[C@]12C)C(C)C. The molecular weight excluding hydrogens is 416 g/mol. The molecule has 4 aliphatic carbocycles. The van der Waals surface area contributed by atoms with Crippen molar-refractivity contribution < 1.29 is 9.59 Å². The zero-order chi connectivity index (χ0) is 23.4. The van der Waals surface area contributed by atoms with E-state index in [1.807, 2.05) is 11.0 Å². The van der Waals surface area contributed by atoms with Crippen molar-refractivity contribution in [1.82, 2.24) is 10.2 Å². The molecule has 4 nitrogen and oxygen atoms in total. The van der Waals surface area contributed by atoms with Crippen molar-refractivity contribution in [2.45, 2.75) is 105 Å². The smallest absolute Gasteiger partial charge is 0.232 e. The van der Waals surface area contributed by atoms with Gasteiger partial charge in [-0.25, -0.2) is 0 Å². The fourth-order valence-corrected chi connectivity index (χ4v) is 8.57. The Hall–Kier alpha value is -1.23. The molecule has 0 heterocycles. The van der Waals surface area contributed by atoms with E-state index >= 15 is 0 Å². The van der Waals surface area contributed by atoms with Gasteiger partial charge < -0.3 is 5.32 Å². The minimum atomic E-state index is 0.0560. The molecule has 1 N–H and O–H groups in total. The van der Waals surface area contributed by atoms with Crippen molar-refractivity contribution in [2.24, 2.45) is 34.5 Å². The highest BCUT2D eigenvalue weighted by Crippen LogP contribution is 2.66. The highest BCUT2D eigenvalue weighted by molar-refractivity contribution is 7.80. The number of rotatable bonds is 3. The predicted molar refractivity (Wildman–Crippen MR) is 133 cm³/mol. The number of ketones is 1. The molecule has 6 atom stereocenters. The summed E-state index contributed by atoms with van der Waals surface area (Å²) < 4.78 is 0. The molecule has 32 heavy (non-hydrogen) atoms. The summed E-state index contributed by atoms with van der Waals surface area (Å²) in [5, 5.41) is 3.88. The Morgan fingerprint density at radius 3 is 2.44 bits per heavy atom. The summed E-state index contributed by atoms with van der Waals surface area (Å²) in [5.41, 5.74) is 1.66. The molecule has 1 unspecified atom stereocenters. The van der Waals surface area contributed by atoms with Gasteiger partial charge in [-0.15, -0.1) is 0 Å². The quantitative estimate of drug-likeness (QED) is 0.555. The lowest BCUT2D eigenvalue weighted by atomic mass is 9.47. The standard InChI is InChI=1S/C27H42N2O2S/c1-16(2)28-25(32)29(17(3)4)24(31)23-10-9-21-20-8-7-18-15-19(30)11-13-26(18,5)22(20)12-14-27(21,23)6/h15-17,20-23H,7-14H2,1-6H3,(H,28,32)/t20-,21-,22+,23?,26-,27-/m0/s1. The molecule has 4 rings (SSSR count). The van der Waals surface area contributed by atoms with E-state index in [-0.39, 0.29) is 34.7 Å². The summed E-state index contributed by atoms with van der Waals surface area (Å²) in [6.45, 7) is 13.1. The van der Waals surface area contributed by atoms with E-state index in [1.165, 1.54) is 18.4 Å². The van der Waals surface area contributed by atoms with Gasteiger partial charge in [-0.2, -0.15) is 0 Å². The largest absolute Gasteiger partial charge is 0.360 e. The molecule has 5 heteroatoms. The Morgan fingerprint density at radius 2 is 1.78 bits per heavy atom. The van der Waals surface area contributed by atoms with Crippen molar-refractivity contribution in [3.8, 4) is 0 Å². The molecule has 4 aliphatic rings. The maximum Gasteiger partial charge on any atom is 0.232 e. The fraction of sp³-hybridized carbons (Fsp3) is 0.815. The van der Waals surface area contributed by atoms with Crippen LogP contribution in [0.1, 0.15) is 92.9 Å². The molecule has 0 aromatic heterocycles. The van der Waals surface area contributed by atoms with Gasteiger partial charge in [-0.05, 0) is 120 Å². The number of fused-ring (bicyclic) bond motifs is 5. The first-order chi connectivity index (χ1) is 15.0. The molecule has 0 radical (unpaired) electrons. The molecule has 1 amide bonds. The van der Waals surface area contributed by atoms with E-state index in [1.54, 1.807) is 0 Å². The number of nitrogens with one attached hydrogen (secondary N) is 1. The Labute approximate surface area is 200 Å². The minimum absolute atomic E-state index is 0.0560. The van der Waals surface area contributed by atoms with Gasteiger partial charge >= 0.3 is 0 Å². The number of carbonyl (C=O) groups is 2. The lowest BCUT2D eigenvalue weighted by molar-refractivity contribution is -0.140. The van der Waals surface area contributed by atoms with Gasteiger partial charge in [0.15, 0.2) is 10.9 Å². The molecule has 3 saturated carbocycles. The van der Waals surface area contributed by atoms with Crippen LogP contribution in [0.5, 0.6) is 0 Å². The number of allylic oxidation sites excluding steroid dienone is 1. The highest BCUT2D eigenvalue weighted by atomic mass is 32.1. The van der Waals surface area contributed by atoms with E-state index in [4.69, 9.17) is 12.2 Å². The van der Waals surface area contributed by atoms with Crippen LogP contribution in [0.4, 0.5) is 0 Å². The number of nitrogens with zero attached hydrogens (tertiary/aromatic N) is 1.